The Morgan fingerprint density at radius 2 is 0.345 bits per heavy atom. The maximum atomic E-state index is 7.09. The lowest BCUT2D eigenvalue weighted by Crippen LogP contribution is -2.12. The van der Waals surface area contributed by atoms with E-state index in [1.165, 1.54) is 205 Å². The van der Waals surface area contributed by atoms with Gasteiger partial charge in [-0.3, -0.25) is 0 Å². The molecule has 0 aromatic heterocycles. The SMILES string of the molecule is CCCCCCCCCCCCOc1c2cc(N)cc1Cc1cc(N)cc(c1OCCCCCCCCCCCC)Cc1cc(N)cc(c1OCCCCCCCCCCCC)Cc1cc(N)cc(c1OCCCCCCCCCCCC)C2. The third kappa shape index (κ3) is 27.8. The van der Waals surface area contributed by atoms with Gasteiger partial charge in [-0.25, -0.2) is 0 Å². The van der Waals surface area contributed by atoms with Crippen LogP contribution >= 0.6 is 0 Å². The van der Waals surface area contributed by atoms with Gasteiger partial charge >= 0.3 is 0 Å². The van der Waals surface area contributed by atoms with Crippen LogP contribution in [0.2, 0.25) is 0 Å². The zero-order valence-corrected chi connectivity index (χ0v) is 54.5. The Kier molecular flexibility index (Phi) is 36.5. The number of anilines is 4. The number of nitrogens with two attached hydrogens (primary N) is 4. The van der Waals surface area contributed by atoms with Crippen molar-refractivity contribution in [2.75, 3.05) is 49.4 Å². The molecule has 0 radical (unpaired) electrons. The minimum Gasteiger partial charge on any atom is -0.493 e. The number of unbranched alkanes of at least 4 members (excludes halogenated alkanes) is 36. The zero-order valence-electron chi connectivity index (χ0n) is 54.5. The molecule has 8 N–H and O–H groups in total. The van der Waals surface area contributed by atoms with E-state index in [9.17, 15) is 0 Å². The highest BCUT2D eigenvalue weighted by molar-refractivity contribution is 5.65. The number of benzene rings is 4. The molecule has 0 saturated heterocycles. The standard InChI is InChI=1S/C76H124N4O4/c1-5-9-13-17-21-25-29-33-37-41-45-81-73-61-49-63-55-70(78)57-65(74(63)82-46-42-38-34-30-26-22-18-14-10-6-2)51-67-59-72(80)60-68(76(67)84-48-44-40-36-32-28-24-20-16-12-8-4)52-66-58-71(79)56-64(50-62(73)54-69(77)53-61)75(66)83-47-43-39-35-31-27-23-19-15-11-7-3/h53-60H,5-52,77-80H2,1-4H3. The molecule has 0 heterocycles. The summed E-state index contributed by atoms with van der Waals surface area (Å²) in [5.74, 6) is 3.56. The maximum Gasteiger partial charge on any atom is 0.126 e. The highest BCUT2D eigenvalue weighted by Gasteiger charge is 2.24. The molecule has 8 bridgehead atoms. The molecule has 0 unspecified atom stereocenters. The molecular weight excluding hydrogens is 1030 g/mol. The molecule has 0 fully saturated rings. The van der Waals surface area contributed by atoms with Crippen molar-refractivity contribution in [3.05, 3.63) is 93.0 Å². The van der Waals surface area contributed by atoms with Crippen LogP contribution in [0.4, 0.5) is 22.7 Å². The Morgan fingerprint density at radius 3 is 0.488 bits per heavy atom. The van der Waals surface area contributed by atoms with Crippen molar-refractivity contribution in [2.45, 2.75) is 310 Å². The molecule has 1 aliphatic rings. The van der Waals surface area contributed by atoms with Gasteiger partial charge in [-0.15, -0.1) is 0 Å². The summed E-state index contributed by atoms with van der Waals surface area (Å²) in [6.07, 6.45) is 53.0. The normalized spacial score (nSPS) is 12.2. The molecule has 4 aromatic rings. The summed E-state index contributed by atoms with van der Waals surface area (Å²) in [5.41, 5.74) is 39.1. The van der Waals surface area contributed by atoms with Crippen molar-refractivity contribution in [1.29, 1.82) is 0 Å². The van der Waals surface area contributed by atoms with Gasteiger partial charge < -0.3 is 41.9 Å². The summed E-state index contributed by atoms with van der Waals surface area (Å²) in [7, 11) is 0. The van der Waals surface area contributed by atoms with E-state index in [0.29, 0.717) is 74.9 Å². The van der Waals surface area contributed by atoms with Gasteiger partial charge in [-0.2, -0.15) is 0 Å². The fourth-order valence-electron chi connectivity index (χ4n) is 12.8. The molecule has 4 aromatic carbocycles. The van der Waals surface area contributed by atoms with E-state index in [1.54, 1.807) is 0 Å². The lowest BCUT2D eigenvalue weighted by atomic mass is 9.90. The molecular formula is C76H124N4O4. The summed E-state index contributed by atoms with van der Waals surface area (Å²) in [5, 5.41) is 0. The van der Waals surface area contributed by atoms with Gasteiger partial charge in [0.1, 0.15) is 23.0 Å². The summed E-state index contributed by atoms with van der Waals surface area (Å²) in [6, 6.07) is 16.9. The first-order valence-electron chi connectivity index (χ1n) is 35.4. The van der Waals surface area contributed by atoms with Crippen molar-refractivity contribution in [3.63, 3.8) is 0 Å². The van der Waals surface area contributed by atoms with Crippen LogP contribution in [0.5, 0.6) is 23.0 Å². The lowest BCUT2D eigenvalue weighted by molar-refractivity contribution is 0.293. The Bertz CT molecular complexity index is 1940. The summed E-state index contributed by atoms with van der Waals surface area (Å²) in [4.78, 5) is 0. The lowest BCUT2D eigenvalue weighted by Gasteiger charge is -2.24. The van der Waals surface area contributed by atoms with Crippen molar-refractivity contribution in [1.82, 2.24) is 0 Å². The van der Waals surface area contributed by atoms with E-state index in [0.717, 1.165) is 119 Å². The number of rotatable bonds is 48. The van der Waals surface area contributed by atoms with Gasteiger partial charge in [0.2, 0.25) is 0 Å². The van der Waals surface area contributed by atoms with Gasteiger partial charge in [0.05, 0.1) is 26.4 Å². The maximum absolute atomic E-state index is 7.09. The minimum absolute atomic E-state index is 0.547. The van der Waals surface area contributed by atoms with E-state index in [-0.39, 0.29) is 0 Å². The quantitative estimate of drug-likeness (QED) is 0.0223. The molecule has 0 spiro atoms. The van der Waals surface area contributed by atoms with Crippen LogP contribution in [0, 0.1) is 0 Å². The van der Waals surface area contributed by atoms with E-state index in [2.05, 4.69) is 76.2 Å². The van der Waals surface area contributed by atoms with E-state index in [1.807, 2.05) is 0 Å². The van der Waals surface area contributed by atoms with Gasteiger partial charge in [0.25, 0.3) is 0 Å². The van der Waals surface area contributed by atoms with Crippen molar-refractivity contribution in [2.24, 2.45) is 0 Å². The summed E-state index contributed by atoms with van der Waals surface area (Å²) < 4.78 is 28.4. The Labute approximate surface area is 514 Å². The van der Waals surface area contributed by atoms with Gasteiger partial charge in [0.15, 0.2) is 0 Å². The molecule has 0 amide bonds. The van der Waals surface area contributed by atoms with Gasteiger partial charge in [-0.1, -0.05) is 259 Å². The highest BCUT2D eigenvalue weighted by Crippen LogP contribution is 2.42. The molecule has 8 heteroatoms. The number of ether oxygens (including phenoxy) is 4. The molecule has 1 aliphatic carbocycles. The van der Waals surface area contributed by atoms with Crippen LogP contribution in [0.3, 0.4) is 0 Å². The van der Waals surface area contributed by atoms with Crippen molar-refractivity contribution >= 4 is 22.7 Å². The van der Waals surface area contributed by atoms with E-state index >= 15 is 0 Å². The average Bonchev–Trinajstić information content (AvgIpc) is 2.68. The van der Waals surface area contributed by atoms with E-state index < -0.39 is 0 Å². The second kappa shape index (κ2) is 43.8. The van der Waals surface area contributed by atoms with Crippen LogP contribution in [0.1, 0.15) is 329 Å². The predicted molar refractivity (Wildman–Crippen MR) is 364 cm³/mol. The molecule has 84 heavy (non-hydrogen) atoms. The number of hydrogen-bond donors (Lipinski definition) is 4. The molecule has 5 rings (SSSR count). The first kappa shape index (κ1) is 70.0. The topological polar surface area (TPSA) is 141 Å². The minimum atomic E-state index is 0.547. The number of hydrogen-bond acceptors (Lipinski definition) is 8. The smallest absolute Gasteiger partial charge is 0.126 e. The van der Waals surface area contributed by atoms with Crippen molar-refractivity contribution < 1.29 is 18.9 Å². The van der Waals surface area contributed by atoms with Crippen LogP contribution in [-0.4, -0.2) is 26.4 Å². The number of fused-ring (bicyclic) bond motifs is 8. The van der Waals surface area contributed by atoms with Gasteiger partial charge in [-0.05, 0) is 74.2 Å². The summed E-state index contributed by atoms with van der Waals surface area (Å²) >= 11 is 0. The van der Waals surface area contributed by atoms with Crippen LogP contribution in [0.25, 0.3) is 0 Å². The monoisotopic (exact) mass is 1160 g/mol. The first-order chi connectivity index (χ1) is 41.2. The third-order valence-corrected chi connectivity index (χ3v) is 17.6. The highest BCUT2D eigenvalue weighted by atomic mass is 16.5. The molecule has 0 atom stereocenters. The second-order valence-corrected chi connectivity index (χ2v) is 25.5. The Balaban J connectivity index is 1.51. The fourth-order valence-corrected chi connectivity index (χ4v) is 12.8. The van der Waals surface area contributed by atoms with Crippen LogP contribution < -0.4 is 41.9 Å². The van der Waals surface area contributed by atoms with Gasteiger partial charge in [0, 0.05) is 92.9 Å². The van der Waals surface area contributed by atoms with Crippen molar-refractivity contribution in [3.8, 4) is 23.0 Å². The zero-order chi connectivity index (χ0) is 59.7. The Morgan fingerprint density at radius 1 is 0.214 bits per heavy atom. The average molecular weight is 1160 g/mol. The number of nitrogen functional groups attached to an aromatic ring is 4. The molecule has 0 aliphatic heterocycles. The second-order valence-electron chi connectivity index (χ2n) is 25.5. The summed E-state index contributed by atoms with van der Waals surface area (Å²) in [6.45, 7) is 11.7. The molecule has 472 valence electrons. The molecule has 0 saturated carbocycles. The van der Waals surface area contributed by atoms with E-state index in [4.69, 9.17) is 41.9 Å². The van der Waals surface area contributed by atoms with Crippen LogP contribution in [0.15, 0.2) is 48.5 Å². The third-order valence-electron chi connectivity index (χ3n) is 17.6. The molecule has 8 nitrogen and oxygen atoms in total. The largest absolute Gasteiger partial charge is 0.493 e. The Hall–Kier alpha value is -4.72. The first-order valence-corrected chi connectivity index (χ1v) is 35.4. The predicted octanol–water partition coefficient (Wildman–Crippen LogP) is 21.9. The fraction of sp³-hybridized carbons (Fsp3) is 0.684. The van der Waals surface area contributed by atoms with Crippen LogP contribution in [-0.2, 0) is 25.7 Å².